The molecule has 0 saturated carbocycles. The largest absolute Gasteiger partial charge is 0.756 e. The van der Waals surface area contributed by atoms with Crippen molar-refractivity contribution in [3.05, 3.63) is 122 Å². The van der Waals surface area contributed by atoms with Crippen LogP contribution in [-0.2, 0) is 32.7 Å². The smallest absolute Gasteiger partial charge is 0.306 e. The molecule has 0 rings (SSSR count). The van der Waals surface area contributed by atoms with Gasteiger partial charge < -0.3 is 33.0 Å². The fourth-order valence-electron chi connectivity index (χ4n) is 5.11. The van der Waals surface area contributed by atoms with E-state index in [0.29, 0.717) is 30.3 Å². The Morgan fingerprint density at radius 1 is 0.607 bits per heavy atom. The highest BCUT2D eigenvalue weighted by molar-refractivity contribution is 7.45. The van der Waals surface area contributed by atoms with E-state index in [-0.39, 0.29) is 26.1 Å². The molecular weight excluding hydrogens is 790 g/mol. The third-order valence-corrected chi connectivity index (χ3v) is 9.54. The number of esters is 2. The summed E-state index contributed by atoms with van der Waals surface area (Å²) >= 11 is 0. The quantitative estimate of drug-likeness (QED) is 0.0161. The molecule has 0 aliphatic rings. The third-order valence-electron chi connectivity index (χ3n) is 8.57. The zero-order chi connectivity index (χ0) is 45.1. The van der Waals surface area contributed by atoms with Gasteiger partial charge in [-0.25, -0.2) is 0 Å². The monoisotopic (exact) mass is 870 g/mol. The SMILES string of the molecule is CC/C=C\C/C=C\C/C=C\C/C=C\CCCCCCC(=O)O[C@H](COC(=O)CC/C=C\C/C=C\C/C=C\C/C=C/C=C/C(O)C/C=C\CC)COP(=O)([O-])OCC[N+](C)(C)C. The maximum atomic E-state index is 12.7. The fraction of sp³-hybridized carbons (Fsp3) is 0.560. The first-order chi connectivity index (χ1) is 29.4. The lowest BCUT2D eigenvalue weighted by Crippen LogP contribution is -2.37. The Morgan fingerprint density at radius 2 is 1.13 bits per heavy atom. The maximum absolute atomic E-state index is 12.7. The van der Waals surface area contributed by atoms with Crippen molar-refractivity contribution >= 4 is 19.8 Å². The normalized spacial score (nSPS) is 15.2. The molecule has 0 aliphatic heterocycles. The van der Waals surface area contributed by atoms with Gasteiger partial charge in [0.15, 0.2) is 6.10 Å². The number of carbonyl (C=O) groups is 2. The average molecular weight is 870 g/mol. The van der Waals surface area contributed by atoms with Crippen molar-refractivity contribution in [1.29, 1.82) is 0 Å². The predicted molar refractivity (Wildman–Crippen MR) is 250 cm³/mol. The van der Waals surface area contributed by atoms with E-state index >= 15 is 0 Å². The Hall–Kier alpha value is -3.63. The van der Waals surface area contributed by atoms with E-state index in [0.717, 1.165) is 77.0 Å². The first-order valence-electron chi connectivity index (χ1n) is 22.4. The van der Waals surface area contributed by atoms with Crippen molar-refractivity contribution < 1.29 is 47.2 Å². The molecule has 0 bridgehead atoms. The van der Waals surface area contributed by atoms with E-state index < -0.39 is 38.6 Å². The third kappa shape index (κ3) is 44.2. The van der Waals surface area contributed by atoms with Crippen LogP contribution in [0.3, 0.4) is 0 Å². The molecule has 0 spiro atoms. The van der Waals surface area contributed by atoms with Crippen molar-refractivity contribution in [1.82, 2.24) is 0 Å². The van der Waals surface area contributed by atoms with Gasteiger partial charge in [0.25, 0.3) is 7.82 Å². The van der Waals surface area contributed by atoms with E-state index in [9.17, 15) is 24.2 Å². The molecule has 0 saturated heterocycles. The van der Waals surface area contributed by atoms with Gasteiger partial charge in [-0.2, -0.15) is 0 Å². The van der Waals surface area contributed by atoms with Crippen LogP contribution in [0.2, 0.25) is 0 Å². The minimum atomic E-state index is -4.67. The summed E-state index contributed by atoms with van der Waals surface area (Å²) in [7, 11) is 1.06. The summed E-state index contributed by atoms with van der Waals surface area (Å²) in [5.41, 5.74) is 0. The molecule has 344 valence electrons. The summed E-state index contributed by atoms with van der Waals surface area (Å²) in [6.07, 6.45) is 52.9. The second-order valence-corrected chi connectivity index (χ2v) is 16.9. The van der Waals surface area contributed by atoms with Crippen LogP contribution in [0.4, 0.5) is 0 Å². The zero-order valence-corrected chi connectivity index (χ0v) is 39.1. The first-order valence-corrected chi connectivity index (χ1v) is 23.8. The van der Waals surface area contributed by atoms with Crippen LogP contribution in [0.1, 0.15) is 123 Å². The molecule has 0 aliphatic carbocycles. The minimum Gasteiger partial charge on any atom is -0.756 e. The van der Waals surface area contributed by atoms with E-state index in [1.807, 2.05) is 63.7 Å². The number of carbonyl (C=O) groups excluding carboxylic acids is 2. The van der Waals surface area contributed by atoms with Gasteiger partial charge in [-0.05, 0) is 83.5 Å². The van der Waals surface area contributed by atoms with Crippen LogP contribution in [0, 0.1) is 0 Å². The standard InChI is InChI=1S/C50H80NO9P/c1-6-8-10-11-12-13-14-15-16-17-18-21-25-28-31-34-38-42-50(54)60-48(46-59-61(55,56)58-44-43-51(3,4)5)45-57-49(53)41-37-33-30-27-24-22-19-20-23-26-29-32-36-40-47(52)39-35-9-7-2/h8-10,12-13,15-16,18,20-24,29-30,32-33,35-36,40,47-48,52H,6-7,11,14,17,19,25-28,31,34,37-39,41-46H2,1-5H3/b10-8-,13-12-,16-15-,21-18-,23-20-,24-22-,32-29+,33-30-,35-9-,40-36+/t47?,48-/m1/s1. The number of ether oxygens (including phenoxy) is 2. The molecule has 1 N–H and O–H groups in total. The van der Waals surface area contributed by atoms with Crippen LogP contribution < -0.4 is 4.89 Å². The van der Waals surface area contributed by atoms with Crippen molar-refractivity contribution in [2.24, 2.45) is 0 Å². The number of quaternary nitrogens is 1. The van der Waals surface area contributed by atoms with Crippen LogP contribution in [0.15, 0.2) is 122 Å². The van der Waals surface area contributed by atoms with Crippen molar-refractivity contribution in [2.75, 3.05) is 47.5 Å². The highest BCUT2D eigenvalue weighted by Gasteiger charge is 2.21. The molecule has 11 heteroatoms. The Bertz CT molecular complexity index is 1460. The van der Waals surface area contributed by atoms with Crippen LogP contribution in [0.5, 0.6) is 0 Å². The molecule has 0 aromatic carbocycles. The molecular formula is C50H80NO9P. The highest BCUT2D eigenvalue weighted by atomic mass is 31.2. The number of rotatable bonds is 38. The predicted octanol–water partition coefficient (Wildman–Crippen LogP) is 11.2. The van der Waals surface area contributed by atoms with E-state index in [4.69, 9.17) is 18.5 Å². The first kappa shape index (κ1) is 57.4. The molecule has 2 unspecified atom stereocenters. The number of phosphoric ester groups is 1. The molecule has 0 aromatic rings. The molecule has 0 amide bonds. The minimum absolute atomic E-state index is 0.0615. The number of allylic oxidation sites excluding steroid dienone is 18. The molecule has 0 heterocycles. The number of unbranched alkanes of at least 4 members (excludes halogenated alkanes) is 4. The van der Waals surface area contributed by atoms with Gasteiger partial charge in [-0.15, -0.1) is 0 Å². The number of aliphatic hydroxyl groups is 1. The van der Waals surface area contributed by atoms with Crippen molar-refractivity contribution in [2.45, 2.75) is 135 Å². The van der Waals surface area contributed by atoms with Gasteiger partial charge in [-0.3, -0.25) is 14.2 Å². The second-order valence-electron chi connectivity index (χ2n) is 15.5. The number of hydrogen-bond donors (Lipinski definition) is 1. The Kier molecular flexibility index (Phi) is 38.0. The van der Waals surface area contributed by atoms with Crippen LogP contribution >= 0.6 is 7.82 Å². The Balaban J connectivity index is 4.58. The van der Waals surface area contributed by atoms with Crippen molar-refractivity contribution in [3.8, 4) is 0 Å². The molecule has 61 heavy (non-hydrogen) atoms. The fourth-order valence-corrected chi connectivity index (χ4v) is 5.83. The molecule has 3 atom stereocenters. The average Bonchev–Trinajstić information content (AvgIpc) is 3.21. The molecule has 0 aromatic heterocycles. The van der Waals surface area contributed by atoms with Gasteiger partial charge in [0, 0.05) is 12.8 Å². The van der Waals surface area contributed by atoms with Crippen LogP contribution in [-0.4, -0.2) is 81.2 Å². The summed E-state index contributed by atoms with van der Waals surface area (Å²) in [6.45, 7) is 3.74. The van der Waals surface area contributed by atoms with Gasteiger partial charge in [0.05, 0.1) is 33.9 Å². The Morgan fingerprint density at radius 3 is 1.72 bits per heavy atom. The van der Waals surface area contributed by atoms with Gasteiger partial charge in [0.1, 0.15) is 19.8 Å². The van der Waals surface area contributed by atoms with Gasteiger partial charge in [0.2, 0.25) is 0 Å². The molecule has 0 fully saturated rings. The van der Waals surface area contributed by atoms with Crippen molar-refractivity contribution in [3.63, 3.8) is 0 Å². The van der Waals surface area contributed by atoms with Gasteiger partial charge in [-0.1, -0.05) is 148 Å². The lowest BCUT2D eigenvalue weighted by Gasteiger charge is -2.28. The van der Waals surface area contributed by atoms with E-state index in [2.05, 4.69) is 86.8 Å². The van der Waals surface area contributed by atoms with Gasteiger partial charge >= 0.3 is 11.9 Å². The molecule has 0 radical (unpaired) electrons. The Labute approximate surface area is 370 Å². The molecule has 10 nitrogen and oxygen atoms in total. The maximum Gasteiger partial charge on any atom is 0.306 e. The van der Waals surface area contributed by atoms with Crippen LogP contribution in [0.25, 0.3) is 0 Å². The number of aliphatic hydroxyl groups excluding tert-OH is 1. The number of hydrogen-bond acceptors (Lipinski definition) is 9. The zero-order valence-electron chi connectivity index (χ0n) is 38.2. The summed E-state index contributed by atoms with van der Waals surface area (Å²) in [5.74, 6) is -0.997. The summed E-state index contributed by atoms with van der Waals surface area (Å²) < 4.78 is 33.8. The second kappa shape index (κ2) is 40.4. The summed E-state index contributed by atoms with van der Waals surface area (Å²) in [6, 6.07) is 0. The summed E-state index contributed by atoms with van der Waals surface area (Å²) in [4.78, 5) is 37.5. The lowest BCUT2D eigenvalue weighted by molar-refractivity contribution is -0.870. The van der Waals surface area contributed by atoms with E-state index in [1.54, 1.807) is 6.08 Å². The topological polar surface area (TPSA) is 131 Å². The highest BCUT2D eigenvalue weighted by Crippen LogP contribution is 2.38. The number of phosphoric acid groups is 1. The number of nitrogens with zero attached hydrogens (tertiary/aromatic N) is 1. The number of likely N-dealkylation sites (N-methyl/N-ethyl adjacent to an activating group) is 1. The van der Waals surface area contributed by atoms with E-state index in [1.165, 1.54) is 0 Å². The summed E-state index contributed by atoms with van der Waals surface area (Å²) in [5, 5.41) is 9.85. The lowest BCUT2D eigenvalue weighted by atomic mass is 10.1.